The van der Waals surface area contributed by atoms with Crippen LogP contribution < -0.4 is 0 Å². The van der Waals surface area contributed by atoms with Crippen molar-refractivity contribution in [3.63, 3.8) is 0 Å². The normalized spacial score (nSPS) is 19.9. The van der Waals surface area contributed by atoms with Gasteiger partial charge in [-0.15, -0.1) is 0 Å². The van der Waals surface area contributed by atoms with E-state index >= 15 is 0 Å². The molecule has 0 atom stereocenters. The quantitative estimate of drug-likeness (QED) is 0.698. The molecule has 0 bridgehead atoms. The van der Waals surface area contributed by atoms with E-state index in [1.165, 1.54) is 0 Å². The van der Waals surface area contributed by atoms with Gasteiger partial charge in [0, 0.05) is 0 Å². The van der Waals surface area contributed by atoms with Gasteiger partial charge in [-0.3, -0.25) is 0 Å². The third-order valence-electron chi connectivity index (χ3n) is 3.16. The second kappa shape index (κ2) is 4.66. The smallest absolute Gasteiger partial charge is 0.358 e. The number of hydrogen-bond acceptors (Lipinski definition) is 1. The molecule has 1 nitrogen and oxygen atoms in total. The first kappa shape index (κ1) is 14.6. The van der Waals surface area contributed by atoms with Crippen molar-refractivity contribution < 1.29 is 31.1 Å². The molecule has 1 rings (SSSR count). The zero-order chi connectivity index (χ0) is 13.3. The van der Waals surface area contributed by atoms with Gasteiger partial charge < -0.3 is 4.74 Å². The lowest BCUT2D eigenvalue weighted by Crippen LogP contribution is -2.56. The van der Waals surface area contributed by atoms with Gasteiger partial charge in [0.25, 0.3) is 5.60 Å². The molecule has 1 saturated carbocycles. The van der Waals surface area contributed by atoms with Crippen LogP contribution in [-0.2, 0) is 4.74 Å². The van der Waals surface area contributed by atoms with Crippen molar-refractivity contribution in [2.24, 2.45) is 5.92 Å². The predicted octanol–water partition coefficient (Wildman–Crippen LogP) is 4.08. The van der Waals surface area contributed by atoms with Gasteiger partial charge >= 0.3 is 12.4 Å². The Labute approximate surface area is 95.1 Å². The Kier molecular flexibility index (Phi) is 4.01. The SMILES string of the molecule is CC(OCC1CCCC1)(C(F)(F)F)C(F)(F)F. The second-order valence-corrected chi connectivity index (χ2v) is 4.49. The van der Waals surface area contributed by atoms with E-state index in [4.69, 9.17) is 0 Å². The molecule has 0 N–H and O–H groups in total. The van der Waals surface area contributed by atoms with E-state index in [1.54, 1.807) is 0 Å². The molecule has 0 aromatic rings. The zero-order valence-electron chi connectivity index (χ0n) is 9.29. The standard InChI is InChI=1S/C10H14F6O/c1-8(9(11,12)13,10(14,15)16)17-6-7-4-2-3-5-7/h7H,2-6H2,1H3. The molecular formula is C10H14F6O. The summed E-state index contributed by atoms with van der Waals surface area (Å²) in [6, 6.07) is 0. The molecule has 0 aromatic heterocycles. The molecular weight excluding hydrogens is 250 g/mol. The minimum Gasteiger partial charge on any atom is -0.358 e. The monoisotopic (exact) mass is 264 g/mol. The predicted molar refractivity (Wildman–Crippen MR) is 48.4 cm³/mol. The Bertz CT molecular complexity index is 237. The number of halogens is 6. The van der Waals surface area contributed by atoms with Gasteiger partial charge in [0.05, 0.1) is 6.61 Å². The second-order valence-electron chi connectivity index (χ2n) is 4.49. The van der Waals surface area contributed by atoms with E-state index in [0.29, 0.717) is 12.8 Å². The highest BCUT2D eigenvalue weighted by atomic mass is 19.4. The summed E-state index contributed by atoms with van der Waals surface area (Å²) in [4.78, 5) is 0. The molecule has 7 heteroatoms. The highest BCUT2D eigenvalue weighted by Gasteiger charge is 2.69. The van der Waals surface area contributed by atoms with Crippen molar-refractivity contribution in [3.8, 4) is 0 Å². The first-order valence-corrected chi connectivity index (χ1v) is 5.35. The van der Waals surface area contributed by atoms with Gasteiger partial charge in [-0.25, -0.2) is 0 Å². The van der Waals surface area contributed by atoms with Crippen LogP contribution >= 0.6 is 0 Å². The summed E-state index contributed by atoms with van der Waals surface area (Å²) in [5.74, 6) is -0.195. The van der Waals surface area contributed by atoms with E-state index in [9.17, 15) is 26.3 Å². The van der Waals surface area contributed by atoms with Crippen molar-refractivity contribution in [3.05, 3.63) is 0 Å². The van der Waals surface area contributed by atoms with Crippen LogP contribution in [0, 0.1) is 5.92 Å². The van der Waals surface area contributed by atoms with Crippen LogP contribution in [0.1, 0.15) is 32.6 Å². The topological polar surface area (TPSA) is 9.23 Å². The van der Waals surface area contributed by atoms with Crippen LogP contribution in [0.15, 0.2) is 0 Å². The van der Waals surface area contributed by atoms with Crippen LogP contribution in [0.5, 0.6) is 0 Å². The molecule has 1 aliphatic rings. The van der Waals surface area contributed by atoms with Crippen LogP contribution in [0.4, 0.5) is 26.3 Å². The summed E-state index contributed by atoms with van der Waals surface area (Å²) in [6.45, 7) is -0.447. The van der Waals surface area contributed by atoms with Gasteiger partial charge in [0.2, 0.25) is 0 Å². The molecule has 0 heterocycles. The summed E-state index contributed by atoms with van der Waals surface area (Å²) in [6.07, 6.45) is -7.98. The summed E-state index contributed by atoms with van der Waals surface area (Å²) in [7, 11) is 0. The molecule has 0 saturated heterocycles. The fourth-order valence-corrected chi connectivity index (χ4v) is 1.79. The van der Waals surface area contributed by atoms with E-state index < -0.39 is 24.6 Å². The summed E-state index contributed by atoms with van der Waals surface area (Å²) in [5.41, 5.74) is -4.07. The van der Waals surface area contributed by atoms with Gasteiger partial charge in [0.15, 0.2) is 0 Å². The van der Waals surface area contributed by atoms with Crippen LogP contribution in [0.25, 0.3) is 0 Å². The molecule has 17 heavy (non-hydrogen) atoms. The Morgan fingerprint density at radius 2 is 1.35 bits per heavy atom. The summed E-state index contributed by atoms with van der Waals surface area (Å²) >= 11 is 0. The van der Waals surface area contributed by atoms with Crippen LogP contribution in [0.3, 0.4) is 0 Å². The van der Waals surface area contributed by atoms with Crippen molar-refractivity contribution >= 4 is 0 Å². The molecule has 1 aliphatic carbocycles. The van der Waals surface area contributed by atoms with Crippen molar-refractivity contribution in [2.75, 3.05) is 6.61 Å². The van der Waals surface area contributed by atoms with E-state index in [2.05, 4.69) is 4.74 Å². The number of hydrogen-bond donors (Lipinski definition) is 0. The molecule has 0 aliphatic heterocycles. The maximum absolute atomic E-state index is 12.4. The number of rotatable bonds is 3. The lowest BCUT2D eigenvalue weighted by atomic mass is 10.0. The zero-order valence-corrected chi connectivity index (χ0v) is 9.29. The Morgan fingerprint density at radius 3 is 1.71 bits per heavy atom. The lowest BCUT2D eigenvalue weighted by molar-refractivity contribution is -0.375. The molecule has 0 amide bonds. The van der Waals surface area contributed by atoms with Crippen LogP contribution in [0.2, 0.25) is 0 Å². The van der Waals surface area contributed by atoms with E-state index in [-0.39, 0.29) is 12.8 Å². The largest absolute Gasteiger partial charge is 0.426 e. The molecule has 102 valence electrons. The Hall–Kier alpha value is -0.460. The van der Waals surface area contributed by atoms with Gasteiger partial charge in [-0.2, -0.15) is 26.3 Å². The molecule has 0 spiro atoms. The molecule has 0 aromatic carbocycles. The maximum Gasteiger partial charge on any atom is 0.426 e. The highest BCUT2D eigenvalue weighted by Crippen LogP contribution is 2.46. The highest BCUT2D eigenvalue weighted by molar-refractivity contribution is 4.92. The third-order valence-corrected chi connectivity index (χ3v) is 3.16. The lowest BCUT2D eigenvalue weighted by Gasteiger charge is -2.34. The first-order chi connectivity index (χ1) is 7.58. The van der Waals surface area contributed by atoms with Gasteiger partial charge in [-0.05, 0) is 25.7 Å². The number of alkyl halides is 6. The third kappa shape index (κ3) is 3.05. The van der Waals surface area contributed by atoms with Crippen molar-refractivity contribution in [1.82, 2.24) is 0 Å². The Morgan fingerprint density at radius 1 is 0.941 bits per heavy atom. The minimum absolute atomic E-state index is 0.0436. The molecule has 1 fully saturated rings. The average Bonchev–Trinajstić information content (AvgIpc) is 2.62. The van der Waals surface area contributed by atoms with Crippen LogP contribution in [-0.4, -0.2) is 24.6 Å². The van der Waals surface area contributed by atoms with E-state index in [1.807, 2.05) is 0 Å². The van der Waals surface area contributed by atoms with E-state index in [0.717, 1.165) is 12.8 Å². The molecule has 0 unspecified atom stereocenters. The fraction of sp³-hybridized carbons (Fsp3) is 1.00. The maximum atomic E-state index is 12.4. The fourth-order valence-electron chi connectivity index (χ4n) is 1.79. The summed E-state index contributed by atoms with van der Waals surface area (Å²) in [5, 5.41) is 0. The number of ether oxygens (including phenoxy) is 1. The van der Waals surface area contributed by atoms with Crippen molar-refractivity contribution in [1.29, 1.82) is 0 Å². The minimum atomic E-state index is -5.45. The van der Waals surface area contributed by atoms with Gasteiger partial charge in [0.1, 0.15) is 0 Å². The average molecular weight is 264 g/mol. The Balaban J connectivity index is 2.71. The van der Waals surface area contributed by atoms with Crippen molar-refractivity contribution in [2.45, 2.75) is 50.6 Å². The first-order valence-electron chi connectivity index (χ1n) is 5.35. The summed E-state index contributed by atoms with van der Waals surface area (Å²) < 4.78 is 78.8. The molecule has 0 radical (unpaired) electrons. The van der Waals surface area contributed by atoms with Gasteiger partial charge in [-0.1, -0.05) is 12.8 Å².